The number of benzene rings is 2. The van der Waals surface area contributed by atoms with E-state index < -0.39 is 5.97 Å². The lowest BCUT2D eigenvalue weighted by atomic mass is 10.2. The van der Waals surface area contributed by atoms with Gasteiger partial charge in [-0.15, -0.1) is 0 Å². The minimum absolute atomic E-state index is 0.364. The van der Waals surface area contributed by atoms with Crippen molar-refractivity contribution in [1.29, 1.82) is 5.26 Å². The van der Waals surface area contributed by atoms with Crippen LogP contribution in [0.3, 0.4) is 0 Å². The molecule has 2 aromatic rings. The molecule has 0 aliphatic carbocycles. The van der Waals surface area contributed by atoms with Crippen molar-refractivity contribution in [2.45, 2.75) is 12.8 Å². The SMILES string of the molecule is C=CC(=O)OCCCCOc1ccc(/N=N/c2ccc(C#N)cc2)cc1. The fourth-order valence-electron chi connectivity index (χ4n) is 1.95. The highest BCUT2D eigenvalue weighted by molar-refractivity contribution is 5.81. The Labute approximate surface area is 152 Å². The molecule has 6 nitrogen and oxygen atoms in total. The van der Waals surface area contributed by atoms with Gasteiger partial charge in [0, 0.05) is 6.08 Å². The van der Waals surface area contributed by atoms with Gasteiger partial charge in [-0.25, -0.2) is 4.79 Å². The van der Waals surface area contributed by atoms with Crippen molar-refractivity contribution in [3.8, 4) is 11.8 Å². The molecule has 26 heavy (non-hydrogen) atoms. The van der Waals surface area contributed by atoms with Gasteiger partial charge < -0.3 is 9.47 Å². The number of nitrogens with zero attached hydrogens (tertiary/aromatic N) is 3. The number of azo groups is 1. The second-order valence-corrected chi connectivity index (χ2v) is 5.28. The number of unbranched alkanes of at least 4 members (excludes halogenated alkanes) is 1. The molecule has 2 aromatic carbocycles. The van der Waals surface area contributed by atoms with E-state index in [-0.39, 0.29) is 0 Å². The summed E-state index contributed by atoms with van der Waals surface area (Å²) < 4.78 is 10.5. The van der Waals surface area contributed by atoms with Crippen LogP contribution < -0.4 is 4.74 Å². The smallest absolute Gasteiger partial charge is 0.330 e. The van der Waals surface area contributed by atoms with Crippen LogP contribution in [-0.4, -0.2) is 19.2 Å². The molecule has 0 amide bonds. The standard InChI is InChI=1S/C20H19N3O3/c1-2-20(24)26-14-4-3-13-25-19-11-9-18(10-12-19)23-22-17-7-5-16(15-21)6-8-17/h2,5-12H,1,3-4,13-14H2/b23-22+. The van der Waals surface area contributed by atoms with Crippen molar-refractivity contribution in [2.75, 3.05) is 13.2 Å². The molecule has 0 N–H and O–H groups in total. The molecule has 0 fully saturated rings. The Hall–Kier alpha value is -3.46. The first-order valence-corrected chi connectivity index (χ1v) is 8.15. The lowest BCUT2D eigenvalue weighted by Crippen LogP contribution is -2.04. The number of esters is 1. The third kappa shape index (κ3) is 6.57. The van der Waals surface area contributed by atoms with E-state index in [2.05, 4.69) is 22.9 Å². The molecule has 0 spiro atoms. The zero-order valence-corrected chi connectivity index (χ0v) is 14.3. The molecule has 0 aliphatic rings. The van der Waals surface area contributed by atoms with Crippen molar-refractivity contribution >= 4 is 17.3 Å². The van der Waals surface area contributed by atoms with E-state index in [0.29, 0.717) is 30.2 Å². The number of nitriles is 1. The maximum atomic E-state index is 10.9. The van der Waals surface area contributed by atoms with Gasteiger partial charge in [0.15, 0.2) is 0 Å². The highest BCUT2D eigenvalue weighted by Crippen LogP contribution is 2.21. The maximum Gasteiger partial charge on any atom is 0.330 e. The Kier molecular flexibility index (Phi) is 7.56. The molecule has 2 rings (SSSR count). The lowest BCUT2D eigenvalue weighted by molar-refractivity contribution is -0.137. The monoisotopic (exact) mass is 349 g/mol. The van der Waals surface area contributed by atoms with Gasteiger partial charge in [0.1, 0.15) is 5.75 Å². The van der Waals surface area contributed by atoms with Crippen molar-refractivity contribution in [3.05, 3.63) is 66.7 Å². The fourth-order valence-corrected chi connectivity index (χ4v) is 1.95. The molecule has 0 bridgehead atoms. The number of carbonyl (C=O) groups is 1. The summed E-state index contributed by atoms with van der Waals surface area (Å²) in [6, 6.07) is 16.2. The molecule has 0 aliphatic heterocycles. The van der Waals surface area contributed by atoms with Crippen LogP contribution in [0.1, 0.15) is 18.4 Å². The number of rotatable bonds is 9. The van der Waals surface area contributed by atoms with Gasteiger partial charge in [-0.05, 0) is 61.4 Å². The van der Waals surface area contributed by atoms with Gasteiger partial charge in [0.05, 0.1) is 36.2 Å². The summed E-state index contributed by atoms with van der Waals surface area (Å²) in [6.45, 7) is 4.24. The van der Waals surface area contributed by atoms with E-state index in [4.69, 9.17) is 14.7 Å². The predicted molar refractivity (Wildman–Crippen MR) is 97.7 cm³/mol. The molecule has 0 radical (unpaired) electrons. The van der Waals surface area contributed by atoms with Gasteiger partial charge in [0.2, 0.25) is 0 Å². The largest absolute Gasteiger partial charge is 0.494 e. The number of hydrogen-bond acceptors (Lipinski definition) is 6. The number of hydrogen-bond donors (Lipinski definition) is 0. The molecule has 6 heteroatoms. The first kappa shape index (κ1) is 18.9. The van der Waals surface area contributed by atoms with Gasteiger partial charge in [-0.3, -0.25) is 0 Å². The van der Waals surface area contributed by atoms with Crippen molar-refractivity contribution in [2.24, 2.45) is 10.2 Å². The Balaban J connectivity index is 1.73. The molecule has 0 saturated carbocycles. The molecule has 0 unspecified atom stereocenters. The minimum Gasteiger partial charge on any atom is -0.494 e. The van der Waals surface area contributed by atoms with Crippen LogP contribution in [0, 0.1) is 11.3 Å². The van der Waals surface area contributed by atoms with E-state index >= 15 is 0 Å². The predicted octanol–water partition coefficient (Wildman–Crippen LogP) is 4.86. The molecule has 0 saturated heterocycles. The van der Waals surface area contributed by atoms with Crippen LogP contribution in [0.5, 0.6) is 5.75 Å². The summed E-state index contributed by atoms with van der Waals surface area (Å²) in [7, 11) is 0. The zero-order chi connectivity index (χ0) is 18.6. The molecule has 0 aromatic heterocycles. The third-order valence-electron chi connectivity index (χ3n) is 3.33. The quantitative estimate of drug-likeness (QED) is 0.280. The molecular formula is C20H19N3O3. The van der Waals surface area contributed by atoms with Crippen LogP contribution in [0.15, 0.2) is 71.4 Å². The maximum absolute atomic E-state index is 10.9. The van der Waals surface area contributed by atoms with Crippen LogP contribution in [0.4, 0.5) is 11.4 Å². The Morgan fingerprint density at radius 3 is 2.15 bits per heavy atom. The summed E-state index contributed by atoms with van der Waals surface area (Å²) >= 11 is 0. The summed E-state index contributed by atoms with van der Waals surface area (Å²) in [5.74, 6) is 0.335. The van der Waals surface area contributed by atoms with E-state index in [0.717, 1.165) is 24.7 Å². The topological polar surface area (TPSA) is 84.0 Å². The Bertz CT molecular complexity index is 791. The van der Waals surface area contributed by atoms with E-state index in [9.17, 15) is 4.79 Å². The molecule has 0 heterocycles. The average Bonchev–Trinajstić information content (AvgIpc) is 2.70. The summed E-state index contributed by atoms with van der Waals surface area (Å²) in [5.41, 5.74) is 1.98. The Morgan fingerprint density at radius 1 is 1.00 bits per heavy atom. The molecule has 0 atom stereocenters. The van der Waals surface area contributed by atoms with Crippen LogP contribution in [-0.2, 0) is 9.53 Å². The second kappa shape index (κ2) is 10.4. The lowest BCUT2D eigenvalue weighted by Gasteiger charge is -2.06. The minimum atomic E-state index is -0.406. The van der Waals surface area contributed by atoms with E-state index in [1.54, 1.807) is 24.3 Å². The van der Waals surface area contributed by atoms with Crippen molar-refractivity contribution in [3.63, 3.8) is 0 Å². The van der Waals surface area contributed by atoms with Gasteiger partial charge in [-0.1, -0.05) is 6.58 Å². The fraction of sp³-hybridized carbons (Fsp3) is 0.200. The second-order valence-electron chi connectivity index (χ2n) is 5.28. The first-order chi connectivity index (χ1) is 12.7. The number of ether oxygens (including phenoxy) is 2. The highest BCUT2D eigenvalue weighted by Gasteiger charge is 1.98. The van der Waals surface area contributed by atoms with Gasteiger partial charge in [0.25, 0.3) is 0 Å². The molecular weight excluding hydrogens is 330 g/mol. The van der Waals surface area contributed by atoms with Crippen molar-refractivity contribution in [1.82, 2.24) is 0 Å². The number of carbonyl (C=O) groups excluding carboxylic acids is 1. The normalized spacial score (nSPS) is 10.3. The first-order valence-electron chi connectivity index (χ1n) is 8.15. The summed E-state index contributed by atoms with van der Waals surface area (Å²) in [5, 5.41) is 17.0. The zero-order valence-electron chi connectivity index (χ0n) is 14.3. The highest BCUT2D eigenvalue weighted by atomic mass is 16.5. The van der Waals surface area contributed by atoms with E-state index in [1.165, 1.54) is 0 Å². The van der Waals surface area contributed by atoms with Crippen LogP contribution in [0.2, 0.25) is 0 Å². The van der Waals surface area contributed by atoms with Crippen LogP contribution in [0.25, 0.3) is 0 Å². The summed E-state index contributed by atoms with van der Waals surface area (Å²) in [4.78, 5) is 10.9. The van der Waals surface area contributed by atoms with Gasteiger partial charge >= 0.3 is 5.97 Å². The average molecular weight is 349 g/mol. The third-order valence-corrected chi connectivity index (χ3v) is 3.33. The van der Waals surface area contributed by atoms with Gasteiger partial charge in [-0.2, -0.15) is 15.5 Å². The van der Waals surface area contributed by atoms with Crippen molar-refractivity contribution < 1.29 is 14.3 Å². The molecule has 132 valence electrons. The van der Waals surface area contributed by atoms with Crippen LogP contribution >= 0.6 is 0 Å². The summed E-state index contributed by atoms with van der Waals surface area (Å²) in [6.07, 6.45) is 2.66. The Morgan fingerprint density at radius 2 is 1.58 bits per heavy atom. The van der Waals surface area contributed by atoms with E-state index in [1.807, 2.05) is 24.3 Å².